The maximum atomic E-state index is 10.8. The lowest BCUT2D eigenvalue weighted by Gasteiger charge is -2.43. The van der Waals surface area contributed by atoms with Gasteiger partial charge < -0.3 is 25.2 Å². The zero-order chi connectivity index (χ0) is 32.8. The van der Waals surface area contributed by atoms with E-state index in [1.165, 1.54) is 0 Å². The Morgan fingerprint density at radius 2 is 1.39 bits per heavy atom. The van der Waals surface area contributed by atoms with E-state index < -0.39 is 11.7 Å². The van der Waals surface area contributed by atoms with E-state index in [4.69, 9.17) is 4.74 Å². The first-order chi connectivity index (χ1) is 20.5. The van der Waals surface area contributed by atoms with Gasteiger partial charge in [-0.05, 0) is 69.2 Å². The zero-order valence-corrected chi connectivity index (χ0v) is 28.0. The molecule has 0 amide bonds. The van der Waals surface area contributed by atoms with Gasteiger partial charge in [-0.1, -0.05) is 106 Å². The molecule has 5 heteroatoms. The molecule has 0 spiro atoms. The van der Waals surface area contributed by atoms with Crippen molar-refractivity contribution in [2.45, 2.75) is 111 Å². The quantitative estimate of drug-likeness (QED) is 0.120. The third kappa shape index (κ3) is 9.37. The van der Waals surface area contributed by atoms with Gasteiger partial charge in [-0.2, -0.15) is 0 Å². The molecule has 5 atom stereocenters. The van der Waals surface area contributed by atoms with Gasteiger partial charge >= 0.3 is 0 Å². The highest BCUT2D eigenvalue weighted by Gasteiger charge is 2.66. The fourth-order valence-corrected chi connectivity index (χ4v) is 6.70. The van der Waals surface area contributed by atoms with Crippen LogP contribution in [0.4, 0.5) is 0 Å². The van der Waals surface area contributed by atoms with Crippen molar-refractivity contribution in [3.05, 3.63) is 113 Å². The monoisotopic (exact) mass is 602 g/mol. The second-order valence-electron chi connectivity index (χ2n) is 14.3. The maximum Gasteiger partial charge on any atom is 0.118 e. The van der Waals surface area contributed by atoms with Crippen LogP contribution in [0.15, 0.2) is 113 Å². The predicted octanol–water partition coefficient (Wildman–Crippen LogP) is 7.30. The molecular weight excluding hydrogens is 548 g/mol. The molecule has 2 aliphatic carbocycles. The van der Waals surface area contributed by atoms with Crippen molar-refractivity contribution in [1.29, 1.82) is 0 Å². The molecule has 0 bridgehead atoms. The van der Waals surface area contributed by atoms with E-state index in [-0.39, 0.29) is 35.2 Å². The van der Waals surface area contributed by atoms with Crippen LogP contribution in [0.1, 0.15) is 81.1 Å². The number of rotatable bonds is 10. The molecule has 4 N–H and O–H groups in total. The summed E-state index contributed by atoms with van der Waals surface area (Å²) in [7, 11) is 0. The van der Waals surface area contributed by atoms with E-state index in [2.05, 4.69) is 25.7 Å². The maximum absolute atomic E-state index is 10.8. The molecule has 44 heavy (non-hydrogen) atoms. The largest absolute Gasteiger partial charge is 0.393 e. The summed E-state index contributed by atoms with van der Waals surface area (Å²) in [4.78, 5) is 0. The third-order valence-electron chi connectivity index (χ3n) is 9.03. The van der Waals surface area contributed by atoms with E-state index in [9.17, 15) is 20.4 Å². The van der Waals surface area contributed by atoms with Crippen molar-refractivity contribution in [2.24, 2.45) is 10.8 Å². The first-order valence-electron chi connectivity index (χ1n) is 15.8. The minimum absolute atomic E-state index is 0.0504. The Labute approximate surface area is 265 Å². The first kappa shape index (κ1) is 35.7. The van der Waals surface area contributed by atoms with Crippen molar-refractivity contribution >= 4 is 0 Å². The second kappa shape index (κ2) is 14.6. The minimum atomic E-state index is -1.06. The Bertz CT molecular complexity index is 1330. The molecule has 0 aromatic rings. The Morgan fingerprint density at radius 3 is 1.95 bits per heavy atom. The molecule has 1 heterocycles. The number of allylic oxidation sites excluding steroid dienone is 13. The van der Waals surface area contributed by atoms with Gasteiger partial charge in [-0.3, -0.25) is 0 Å². The topological polar surface area (TPSA) is 93.5 Å². The lowest BCUT2D eigenvalue weighted by Crippen LogP contribution is -2.45. The molecule has 2 saturated carbocycles. The highest BCUT2D eigenvalue weighted by atomic mass is 16.6. The summed E-state index contributed by atoms with van der Waals surface area (Å²) < 4.78 is 6.02. The standard InChI is InChI=1S/C39H54O5/c1-28(15-11-16-30(3)19-20-34-36(4,5)24-33(42)26-38(34,8)43)13-9-10-14-29(2)17-12-18-31(27-40)21-22-39-35(44-39)23-32(41)25-37(39,6)7/h9-19,21-22,32-33,35,40-43H,23-27H2,1-8H3. The van der Waals surface area contributed by atoms with Gasteiger partial charge in [0.2, 0.25) is 0 Å². The molecule has 5 unspecified atom stereocenters. The van der Waals surface area contributed by atoms with Crippen LogP contribution in [0.5, 0.6) is 0 Å². The van der Waals surface area contributed by atoms with Crippen LogP contribution in [0, 0.1) is 10.8 Å². The minimum Gasteiger partial charge on any atom is -0.393 e. The van der Waals surface area contributed by atoms with E-state index in [1.54, 1.807) is 6.92 Å². The number of aliphatic hydroxyl groups is 4. The number of hydrogen-bond acceptors (Lipinski definition) is 5. The molecule has 1 saturated heterocycles. The summed E-state index contributed by atoms with van der Waals surface area (Å²) in [5, 5.41) is 40.9. The summed E-state index contributed by atoms with van der Waals surface area (Å²) in [6.07, 6.45) is 27.5. The van der Waals surface area contributed by atoms with Crippen LogP contribution < -0.4 is 0 Å². The summed E-state index contributed by atoms with van der Waals surface area (Å²) in [5.41, 5.74) is 6.31. The Kier molecular flexibility index (Phi) is 11.8. The zero-order valence-electron chi connectivity index (χ0n) is 28.0. The molecule has 0 radical (unpaired) electrons. The molecule has 1 aliphatic heterocycles. The highest BCUT2D eigenvalue weighted by molar-refractivity contribution is 5.35. The van der Waals surface area contributed by atoms with Gasteiger partial charge in [-0.25, -0.2) is 0 Å². The van der Waals surface area contributed by atoms with Gasteiger partial charge in [0.25, 0.3) is 0 Å². The van der Waals surface area contributed by atoms with Gasteiger partial charge in [0, 0.05) is 23.8 Å². The van der Waals surface area contributed by atoms with Crippen LogP contribution in [0.25, 0.3) is 0 Å². The molecular formula is C39H54O5. The van der Waals surface area contributed by atoms with E-state index in [0.29, 0.717) is 25.7 Å². The molecule has 3 fully saturated rings. The first-order valence-corrected chi connectivity index (χ1v) is 15.8. The summed E-state index contributed by atoms with van der Waals surface area (Å²) in [6.45, 7) is 16.1. The molecule has 3 aliphatic rings. The summed E-state index contributed by atoms with van der Waals surface area (Å²) in [6, 6.07) is 0. The number of ether oxygens (including phenoxy) is 1. The van der Waals surface area contributed by atoms with Crippen molar-refractivity contribution in [1.82, 2.24) is 0 Å². The van der Waals surface area contributed by atoms with Gasteiger partial charge in [0.15, 0.2) is 0 Å². The predicted molar refractivity (Wildman–Crippen MR) is 181 cm³/mol. The Morgan fingerprint density at radius 1 is 0.795 bits per heavy atom. The fraction of sp³-hybridized carbons (Fsp3) is 0.513. The number of epoxide rings is 1. The summed E-state index contributed by atoms with van der Waals surface area (Å²) in [5.74, 6) is 0. The van der Waals surface area contributed by atoms with Gasteiger partial charge in [0.05, 0.1) is 30.5 Å². The SMILES string of the molecule is CC(C=C=C1C(C)(C)CC(O)CC1(C)O)=CC=CC(C)=CC=CC=C(C)C=CC=C(C=CC12OC1CC(O)CC2(C)C)CO. The molecule has 0 aromatic heterocycles. The lowest BCUT2D eigenvalue weighted by molar-refractivity contribution is -0.0268. The third-order valence-corrected chi connectivity index (χ3v) is 9.03. The highest BCUT2D eigenvalue weighted by Crippen LogP contribution is 2.59. The number of fused-ring (bicyclic) bond motifs is 1. The van der Waals surface area contributed by atoms with Crippen molar-refractivity contribution in [3.63, 3.8) is 0 Å². The molecule has 3 rings (SSSR count). The van der Waals surface area contributed by atoms with Crippen molar-refractivity contribution in [3.8, 4) is 0 Å². The van der Waals surface area contributed by atoms with Gasteiger partial charge in [-0.15, -0.1) is 5.73 Å². The van der Waals surface area contributed by atoms with Gasteiger partial charge in [0.1, 0.15) is 5.60 Å². The Hall–Kier alpha value is -2.76. The van der Waals surface area contributed by atoms with Crippen LogP contribution in [-0.2, 0) is 4.74 Å². The Balaban J connectivity index is 1.54. The van der Waals surface area contributed by atoms with Crippen LogP contribution >= 0.6 is 0 Å². The molecule has 0 aromatic carbocycles. The second-order valence-corrected chi connectivity index (χ2v) is 14.3. The van der Waals surface area contributed by atoms with Crippen molar-refractivity contribution in [2.75, 3.05) is 6.61 Å². The van der Waals surface area contributed by atoms with Crippen LogP contribution in [0.3, 0.4) is 0 Å². The van der Waals surface area contributed by atoms with E-state index >= 15 is 0 Å². The van der Waals surface area contributed by atoms with E-state index in [0.717, 1.165) is 27.9 Å². The number of aliphatic hydroxyl groups excluding tert-OH is 3. The lowest BCUT2D eigenvalue weighted by atomic mass is 9.65. The van der Waals surface area contributed by atoms with E-state index in [1.807, 2.05) is 108 Å². The summed E-state index contributed by atoms with van der Waals surface area (Å²) >= 11 is 0. The van der Waals surface area contributed by atoms with Crippen LogP contribution in [0.2, 0.25) is 0 Å². The smallest absolute Gasteiger partial charge is 0.118 e. The molecule has 5 nitrogen and oxygen atoms in total. The van der Waals surface area contributed by atoms with Crippen LogP contribution in [-0.4, -0.2) is 56.5 Å². The number of hydrogen-bond donors (Lipinski definition) is 4. The average Bonchev–Trinajstić information content (AvgIpc) is 3.61. The average molecular weight is 603 g/mol. The fourth-order valence-electron chi connectivity index (χ4n) is 6.70. The normalized spacial score (nSPS) is 33.0. The van der Waals surface area contributed by atoms with Crippen molar-refractivity contribution < 1.29 is 25.2 Å². The molecule has 240 valence electrons.